The topological polar surface area (TPSA) is 99.3 Å². The second-order valence-electron chi connectivity index (χ2n) is 9.64. The minimum absolute atomic E-state index is 0.0218. The number of halogens is 2. The molecule has 38 heavy (non-hydrogen) atoms. The Hall–Kier alpha value is -3.38. The van der Waals surface area contributed by atoms with Gasteiger partial charge in [-0.05, 0) is 68.5 Å². The van der Waals surface area contributed by atoms with Crippen molar-refractivity contribution in [1.29, 1.82) is 0 Å². The van der Waals surface area contributed by atoms with Gasteiger partial charge in [0, 0.05) is 25.8 Å². The molecule has 0 saturated heterocycles. The van der Waals surface area contributed by atoms with E-state index < -0.39 is 34.1 Å². The van der Waals surface area contributed by atoms with Crippen molar-refractivity contribution >= 4 is 22.1 Å². The Morgan fingerprint density at radius 1 is 1.24 bits per heavy atom. The first kappa shape index (κ1) is 26.2. The van der Waals surface area contributed by atoms with E-state index in [2.05, 4.69) is 10.2 Å². The van der Waals surface area contributed by atoms with Crippen LogP contribution in [0.5, 0.6) is 0 Å². The lowest BCUT2D eigenvalue weighted by Crippen LogP contribution is -2.51. The number of alkyl halides is 1. The zero-order valence-electron chi connectivity index (χ0n) is 21.2. The molecule has 2 heterocycles. The molecule has 5 rings (SSSR count). The smallest absolute Gasteiger partial charge is 0.316 e. The molecule has 9 nitrogen and oxygen atoms in total. The van der Waals surface area contributed by atoms with Gasteiger partial charge in [-0.3, -0.25) is 9.48 Å². The van der Waals surface area contributed by atoms with Gasteiger partial charge in [-0.1, -0.05) is 5.57 Å². The summed E-state index contributed by atoms with van der Waals surface area (Å²) in [5.74, 6) is -0.790. The Morgan fingerprint density at radius 2 is 2.00 bits per heavy atom. The van der Waals surface area contributed by atoms with Crippen molar-refractivity contribution in [3.63, 3.8) is 0 Å². The first-order chi connectivity index (χ1) is 18.2. The Balaban J connectivity index is 1.54. The van der Waals surface area contributed by atoms with Crippen molar-refractivity contribution in [2.24, 2.45) is 12.5 Å². The summed E-state index contributed by atoms with van der Waals surface area (Å²) < 4.78 is 63.9. The van der Waals surface area contributed by atoms with E-state index in [4.69, 9.17) is 4.74 Å². The van der Waals surface area contributed by atoms with Crippen LogP contribution in [0, 0.1) is 11.2 Å². The quantitative estimate of drug-likeness (QED) is 0.402. The largest absolute Gasteiger partial charge is 0.465 e. The molecule has 2 aliphatic carbocycles. The van der Waals surface area contributed by atoms with Crippen molar-refractivity contribution in [1.82, 2.24) is 23.9 Å². The highest BCUT2D eigenvalue weighted by atomic mass is 32.2. The molecule has 2 aliphatic rings. The van der Waals surface area contributed by atoms with Gasteiger partial charge in [-0.2, -0.15) is 14.5 Å². The number of aromatic nitrogens is 4. The van der Waals surface area contributed by atoms with Crippen LogP contribution in [-0.2, 0) is 33.0 Å². The third-order valence-corrected chi connectivity index (χ3v) is 9.28. The number of hydrogen-bond acceptors (Lipinski definition) is 6. The Bertz CT molecular complexity index is 1480. The summed E-state index contributed by atoms with van der Waals surface area (Å²) in [6.45, 7) is 0.705. The van der Waals surface area contributed by atoms with Crippen LogP contribution in [0.1, 0.15) is 37.4 Å². The average Bonchev–Trinajstić information content (AvgIpc) is 3.52. The average molecular weight is 546 g/mol. The molecule has 0 amide bonds. The number of hydrogen-bond donors (Lipinski definition) is 0. The fourth-order valence-electron chi connectivity index (χ4n) is 5.60. The minimum atomic E-state index is -4.05. The number of rotatable bonds is 8. The molecule has 0 unspecified atom stereocenters. The lowest BCUT2D eigenvalue weighted by Gasteiger charge is -2.45. The summed E-state index contributed by atoms with van der Waals surface area (Å²) in [6, 6.07) is 5.35. The second-order valence-corrected chi connectivity index (χ2v) is 11.5. The zero-order chi connectivity index (χ0) is 27.1. The van der Waals surface area contributed by atoms with Gasteiger partial charge in [0.05, 0.1) is 35.8 Å². The van der Waals surface area contributed by atoms with E-state index in [1.54, 1.807) is 37.0 Å². The highest BCUT2D eigenvalue weighted by Gasteiger charge is 2.52. The van der Waals surface area contributed by atoms with Gasteiger partial charge >= 0.3 is 5.97 Å². The number of sulfonamides is 1. The van der Waals surface area contributed by atoms with Crippen LogP contribution in [0.4, 0.5) is 8.78 Å². The predicted octanol–water partition coefficient (Wildman–Crippen LogP) is 3.45. The fraction of sp³-hybridized carbons (Fsp3) is 0.423. The predicted molar refractivity (Wildman–Crippen MR) is 135 cm³/mol. The molecule has 0 spiro atoms. The highest BCUT2D eigenvalue weighted by Crippen LogP contribution is 2.50. The summed E-state index contributed by atoms with van der Waals surface area (Å²) in [5.41, 5.74) is 1.97. The normalized spacial score (nSPS) is 21.1. The number of fused-ring (bicyclic) bond motifs is 2. The van der Waals surface area contributed by atoms with Crippen LogP contribution in [-0.4, -0.2) is 64.1 Å². The van der Waals surface area contributed by atoms with Crippen LogP contribution >= 0.6 is 0 Å². The molecule has 0 aliphatic heterocycles. The molecular weight excluding hydrogens is 516 g/mol. The van der Waals surface area contributed by atoms with Crippen molar-refractivity contribution < 1.29 is 26.7 Å². The second kappa shape index (κ2) is 10.1. The number of carbonyl (C=O) groups is 1. The first-order valence-corrected chi connectivity index (χ1v) is 13.9. The number of aryl methyl sites for hydroxylation is 1. The molecule has 0 bridgehead atoms. The van der Waals surface area contributed by atoms with Crippen LogP contribution in [0.15, 0.2) is 53.3 Å². The van der Waals surface area contributed by atoms with E-state index in [1.165, 1.54) is 33.5 Å². The van der Waals surface area contributed by atoms with E-state index >= 15 is 0 Å². The molecule has 1 aromatic carbocycles. The van der Waals surface area contributed by atoms with Crippen LogP contribution in [0.25, 0.3) is 11.8 Å². The molecule has 1 saturated carbocycles. The van der Waals surface area contributed by atoms with Crippen molar-refractivity contribution in [2.45, 2.75) is 43.5 Å². The first-order valence-electron chi connectivity index (χ1n) is 12.5. The molecule has 3 aromatic rings. The van der Waals surface area contributed by atoms with Gasteiger partial charge in [-0.25, -0.2) is 21.9 Å². The van der Waals surface area contributed by atoms with Crippen LogP contribution in [0.3, 0.4) is 0 Å². The molecule has 1 fully saturated rings. The highest BCUT2D eigenvalue weighted by molar-refractivity contribution is 7.89. The Kier molecular flexibility index (Phi) is 6.95. The number of ether oxygens (including phenoxy) is 1. The minimum Gasteiger partial charge on any atom is -0.465 e. The van der Waals surface area contributed by atoms with Gasteiger partial charge < -0.3 is 4.74 Å². The third-order valence-electron chi connectivity index (χ3n) is 7.37. The van der Waals surface area contributed by atoms with Crippen molar-refractivity contribution in [3.05, 3.63) is 65.5 Å². The number of esters is 1. The molecule has 2 atom stereocenters. The van der Waals surface area contributed by atoms with Crippen LogP contribution < -0.4 is 0 Å². The third kappa shape index (κ3) is 4.45. The maximum atomic E-state index is 13.7. The van der Waals surface area contributed by atoms with E-state index in [-0.39, 0.29) is 36.7 Å². The number of nitrogens with zero attached hydrogens (tertiary/aromatic N) is 5. The van der Waals surface area contributed by atoms with Gasteiger partial charge in [0.2, 0.25) is 10.0 Å². The van der Waals surface area contributed by atoms with E-state index in [0.717, 1.165) is 16.8 Å². The molecule has 2 aromatic heterocycles. The summed E-state index contributed by atoms with van der Waals surface area (Å²) in [5, 5.41) is 8.45. The maximum absolute atomic E-state index is 13.7. The van der Waals surface area contributed by atoms with Crippen molar-refractivity contribution in [2.75, 3.05) is 19.8 Å². The summed E-state index contributed by atoms with van der Waals surface area (Å²) in [6.07, 6.45) is 7.45. The fourth-order valence-corrected chi connectivity index (χ4v) is 7.22. The summed E-state index contributed by atoms with van der Waals surface area (Å²) in [7, 11) is -2.44. The van der Waals surface area contributed by atoms with Crippen LogP contribution in [0.2, 0.25) is 0 Å². The van der Waals surface area contributed by atoms with Crippen molar-refractivity contribution in [3.8, 4) is 5.69 Å². The molecule has 0 radical (unpaired) electrons. The number of carbonyl (C=O) groups excluding carboxylic acids is 1. The lowest BCUT2D eigenvalue weighted by atomic mass is 9.63. The summed E-state index contributed by atoms with van der Waals surface area (Å²) in [4.78, 5) is 13.5. The van der Waals surface area contributed by atoms with Gasteiger partial charge in [-0.15, -0.1) is 0 Å². The maximum Gasteiger partial charge on any atom is 0.316 e. The Labute approximate surface area is 219 Å². The molecule has 0 N–H and O–H groups in total. The van der Waals surface area contributed by atoms with Gasteiger partial charge in [0.25, 0.3) is 0 Å². The van der Waals surface area contributed by atoms with Gasteiger partial charge in [0.1, 0.15) is 17.4 Å². The van der Waals surface area contributed by atoms with E-state index in [9.17, 15) is 22.0 Å². The van der Waals surface area contributed by atoms with Gasteiger partial charge in [0.15, 0.2) is 0 Å². The summed E-state index contributed by atoms with van der Waals surface area (Å²) >= 11 is 0. The molecule has 12 heteroatoms. The zero-order valence-corrected chi connectivity index (χ0v) is 22.0. The Morgan fingerprint density at radius 3 is 2.66 bits per heavy atom. The van der Waals surface area contributed by atoms with E-state index in [0.29, 0.717) is 18.5 Å². The monoisotopic (exact) mass is 545 g/mol. The molecular formula is C26H29F2N5O4S. The SMILES string of the molecule is CCOC(=O)[C@]12Cc3cnn(-c4ccc(F)cc4)c3C=C1CC[C@H](N(CCF)S(=O)(=O)c1cnn(C)c1)C2. The standard InChI is InChI=1S/C26H29F2N5O4S/c1-3-37-25(34)26-13-18-15-30-33(21-8-5-20(28)6-9-21)24(18)12-19(26)4-7-22(14-26)32(11-10-27)38(35,36)23-16-29-31(2)17-23/h5-6,8-9,12,15-17,22H,3-4,7,10-11,13-14H2,1-2H3/t22-,26-/m0/s1. The lowest BCUT2D eigenvalue weighted by molar-refractivity contribution is -0.155. The number of benzene rings is 1. The molecule has 202 valence electrons. The van der Waals surface area contributed by atoms with E-state index in [1.807, 2.05) is 6.08 Å².